The highest BCUT2D eigenvalue weighted by Crippen LogP contribution is 2.08. The number of carbonyl (C=O) groups excluding carboxylic acids is 2. The van der Waals surface area contributed by atoms with Gasteiger partial charge in [-0.05, 0) is 6.92 Å². The van der Waals surface area contributed by atoms with Gasteiger partial charge in [0.2, 0.25) is 5.78 Å². The van der Waals surface area contributed by atoms with Gasteiger partial charge in [-0.15, -0.1) is 0 Å². The number of carbonyl (C=O) groups is 2. The van der Waals surface area contributed by atoms with Crippen molar-refractivity contribution in [2.24, 2.45) is 0 Å². The number of hydrogen-bond donors (Lipinski definition) is 0. The van der Waals surface area contributed by atoms with Crippen molar-refractivity contribution in [3.63, 3.8) is 0 Å². The molecule has 0 heterocycles. The van der Waals surface area contributed by atoms with E-state index in [4.69, 9.17) is 9.47 Å². The van der Waals surface area contributed by atoms with Crippen LogP contribution in [0.15, 0.2) is 30.3 Å². The van der Waals surface area contributed by atoms with Gasteiger partial charge in [0.25, 0.3) is 6.29 Å². The van der Waals surface area contributed by atoms with Gasteiger partial charge in [0, 0.05) is 19.1 Å². The Kier molecular flexibility index (Phi) is 4.66. The Bertz CT molecular complexity index is 359. The zero-order chi connectivity index (χ0) is 12.0. The molecule has 1 unspecified atom stereocenters. The minimum atomic E-state index is -1.15. The molecule has 0 N–H and O–H groups in total. The molecule has 0 aliphatic rings. The summed E-state index contributed by atoms with van der Waals surface area (Å²) in [4.78, 5) is 22.7. The predicted octanol–water partition coefficient (Wildman–Crippen LogP) is 1.79. The van der Waals surface area contributed by atoms with Gasteiger partial charge in [0.05, 0.1) is 0 Å². The molecule has 16 heavy (non-hydrogen) atoms. The van der Waals surface area contributed by atoms with Gasteiger partial charge < -0.3 is 9.47 Å². The lowest BCUT2D eigenvalue weighted by Gasteiger charge is -2.15. The Labute approximate surface area is 94.2 Å². The number of Topliss-reactive ketones (excluding diaryl/α,β-unsaturated/α-hetero) is 1. The van der Waals surface area contributed by atoms with Crippen LogP contribution in [0, 0.1) is 0 Å². The molecule has 1 rings (SSSR count). The van der Waals surface area contributed by atoms with Crippen LogP contribution in [0.2, 0.25) is 0 Å². The lowest BCUT2D eigenvalue weighted by molar-refractivity contribution is -0.165. The molecule has 0 fully saturated rings. The molecule has 1 atom stereocenters. The van der Waals surface area contributed by atoms with Crippen LogP contribution in [0.25, 0.3) is 0 Å². The molecule has 1 aromatic carbocycles. The molecule has 4 nitrogen and oxygen atoms in total. The topological polar surface area (TPSA) is 52.6 Å². The van der Waals surface area contributed by atoms with Crippen molar-refractivity contribution in [1.82, 2.24) is 0 Å². The minimum absolute atomic E-state index is 0.302. The summed E-state index contributed by atoms with van der Waals surface area (Å²) in [7, 11) is 0. The van der Waals surface area contributed by atoms with Crippen molar-refractivity contribution in [3.05, 3.63) is 35.9 Å². The average molecular weight is 222 g/mol. The molecule has 0 aliphatic carbocycles. The highest BCUT2D eigenvalue weighted by atomic mass is 16.7. The Balaban J connectivity index is 2.78. The number of benzene rings is 1. The van der Waals surface area contributed by atoms with E-state index >= 15 is 0 Å². The first kappa shape index (κ1) is 12.4. The molecule has 0 saturated carbocycles. The first-order valence-electron chi connectivity index (χ1n) is 5.03. The van der Waals surface area contributed by atoms with Crippen molar-refractivity contribution in [2.75, 3.05) is 6.61 Å². The van der Waals surface area contributed by atoms with Crippen LogP contribution < -0.4 is 0 Å². The first-order valence-corrected chi connectivity index (χ1v) is 5.03. The van der Waals surface area contributed by atoms with Crippen molar-refractivity contribution < 1.29 is 19.1 Å². The maximum absolute atomic E-state index is 11.9. The fourth-order valence-corrected chi connectivity index (χ4v) is 1.20. The molecule has 0 bridgehead atoms. The van der Waals surface area contributed by atoms with Crippen LogP contribution in [0.4, 0.5) is 0 Å². The van der Waals surface area contributed by atoms with Crippen LogP contribution >= 0.6 is 0 Å². The third-order valence-electron chi connectivity index (χ3n) is 1.86. The normalized spacial score (nSPS) is 11.9. The highest BCUT2D eigenvalue weighted by molar-refractivity contribution is 5.99. The molecule has 0 aromatic heterocycles. The standard InChI is InChI=1S/C12H14O4/c1-3-15-12(16-9(2)13)11(14)10-7-5-4-6-8-10/h4-8,12H,3H2,1-2H3. The van der Waals surface area contributed by atoms with Crippen molar-refractivity contribution >= 4 is 11.8 Å². The van der Waals surface area contributed by atoms with Gasteiger partial charge >= 0.3 is 5.97 Å². The van der Waals surface area contributed by atoms with E-state index in [1.807, 2.05) is 0 Å². The van der Waals surface area contributed by atoms with Crippen molar-refractivity contribution in [2.45, 2.75) is 20.1 Å². The Morgan fingerprint density at radius 1 is 1.25 bits per heavy atom. The third-order valence-corrected chi connectivity index (χ3v) is 1.86. The maximum Gasteiger partial charge on any atom is 0.305 e. The Morgan fingerprint density at radius 2 is 1.88 bits per heavy atom. The van der Waals surface area contributed by atoms with Crippen LogP contribution in [0.3, 0.4) is 0 Å². The number of ether oxygens (including phenoxy) is 2. The number of ketones is 1. The Morgan fingerprint density at radius 3 is 2.38 bits per heavy atom. The molecule has 86 valence electrons. The molecular formula is C12H14O4. The zero-order valence-electron chi connectivity index (χ0n) is 9.30. The zero-order valence-corrected chi connectivity index (χ0v) is 9.30. The van der Waals surface area contributed by atoms with E-state index in [2.05, 4.69) is 0 Å². The molecule has 0 amide bonds. The van der Waals surface area contributed by atoms with E-state index in [0.717, 1.165) is 0 Å². The van der Waals surface area contributed by atoms with Gasteiger partial charge in [0.1, 0.15) is 0 Å². The maximum atomic E-state index is 11.9. The SMILES string of the molecule is CCOC(OC(C)=O)C(=O)c1ccccc1. The van der Waals surface area contributed by atoms with Gasteiger partial charge in [-0.3, -0.25) is 9.59 Å². The molecule has 0 radical (unpaired) electrons. The van der Waals surface area contributed by atoms with Crippen LogP contribution in [-0.4, -0.2) is 24.6 Å². The van der Waals surface area contributed by atoms with Gasteiger partial charge in [-0.2, -0.15) is 0 Å². The monoisotopic (exact) mass is 222 g/mol. The summed E-state index contributed by atoms with van der Waals surface area (Å²) >= 11 is 0. The molecule has 0 aliphatic heterocycles. The first-order chi connectivity index (χ1) is 7.65. The summed E-state index contributed by atoms with van der Waals surface area (Å²) in [5.41, 5.74) is 0.460. The van der Waals surface area contributed by atoms with E-state index in [1.54, 1.807) is 37.3 Å². The smallest absolute Gasteiger partial charge is 0.305 e. The average Bonchev–Trinajstić information content (AvgIpc) is 2.28. The van der Waals surface area contributed by atoms with E-state index in [0.29, 0.717) is 12.2 Å². The summed E-state index contributed by atoms with van der Waals surface area (Å²) in [6.45, 7) is 3.27. The van der Waals surface area contributed by atoms with Gasteiger partial charge in [-0.1, -0.05) is 30.3 Å². The summed E-state index contributed by atoms with van der Waals surface area (Å²) in [6, 6.07) is 8.59. The number of esters is 1. The highest BCUT2D eigenvalue weighted by Gasteiger charge is 2.22. The predicted molar refractivity (Wildman–Crippen MR) is 58.0 cm³/mol. The lowest BCUT2D eigenvalue weighted by Crippen LogP contribution is -2.29. The van der Waals surface area contributed by atoms with E-state index in [9.17, 15) is 9.59 Å². The van der Waals surface area contributed by atoms with Crippen molar-refractivity contribution in [3.8, 4) is 0 Å². The quantitative estimate of drug-likeness (QED) is 0.433. The summed E-state index contributed by atoms with van der Waals surface area (Å²) in [6.07, 6.45) is -1.15. The van der Waals surface area contributed by atoms with Gasteiger partial charge in [0.15, 0.2) is 0 Å². The fourth-order valence-electron chi connectivity index (χ4n) is 1.20. The fraction of sp³-hybridized carbons (Fsp3) is 0.333. The Hall–Kier alpha value is -1.68. The molecule has 0 saturated heterocycles. The molecule has 0 spiro atoms. The van der Waals surface area contributed by atoms with E-state index in [1.165, 1.54) is 6.92 Å². The van der Waals surface area contributed by atoms with E-state index < -0.39 is 12.3 Å². The molecule has 1 aromatic rings. The minimum Gasteiger partial charge on any atom is -0.428 e. The number of hydrogen-bond acceptors (Lipinski definition) is 4. The largest absolute Gasteiger partial charge is 0.428 e. The second-order valence-electron chi connectivity index (χ2n) is 3.13. The molecule has 4 heteroatoms. The van der Waals surface area contributed by atoms with Crippen LogP contribution in [0.1, 0.15) is 24.2 Å². The van der Waals surface area contributed by atoms with Gasteiger partial charge in [-0.25, -0.2) is 0 Å². The summed E-state index contributed by atoms with van der Waals surface area (Å²) in [5.74, 6) is -0.889. The van der Waals surface area contributed by atoms with E-state index in [-0.39, 0.29) is 5.78 Å². The summed E-state index contributed by atoms with van der Waals surface area (Å²) in [5, 5.41) is 0. The lowest BCUT2D eigenvalue weighted by atomic mass is 10.1. The summed E-state index contributed by atoms with van der Waals surface area (Å²) < 4.78 is 9.87. The second kappa shape index (κ2) is 6.02. The number of rotatable bonds is 5. The van der Waals surface area contributed by atoms with Crippen molar-refractivity contribution in [1.29, 1.82) is 0 Å². The van der Waals surface area contributed by atoms with Crippen LogP contribution in [0.5, 0.6) is 0 Å². The third kappa shape index (κ3) is 3.47. The molecular weight excluding hydrogens is 208 g/mol. The van der Waals surface area contributed by atoms with Crippen LogP contribution in [-0.2, 0) is 14.3 Å². The second-order valence-corrected chi connectivity index (χ2v) is 3.13.